The van der Waals surface area contributed by atoms with E-state index in [1.807, 2.05) is 6.92 Å². The maximum Gasteiger partial charge on any atom is 0.313 e. The summed E-state index contributed by atoms with van der Waals surface area (Å²) in [5, 5.41) is 13.0. The van der Waals surface area contributed by atoms with E-state index in [-0.39, 0.29) is 17.9 Å². The molecule has 9 heteroatoms. The van der Waals surface area contributed by atoms with Gasteiger partial charge in [0.15, 0.2) is 5.82 Å². The molecule has 2 fully saturated rings. The minimum atomic E-state index is -0.996. The van der Waals surface area contributed by atoms with Gasteiger partial charge in [-0.2, -0.15) is 4.98 Å². The number of rotatable bonds is 5. The SMILES string of the molecule is CC[C@@H]1C(=O)N(C)c2cnc(NC3=C4OCCC4C(C)(C(=O)O)C=C3)nc2N1C1CCCC1. The Morgan fingerprint density at radius 3 is 2.79 bits per heavy atom. The summed E-state index contributed by atoms with van der Waals surface area (Å²) in [6.45, 7) is 4.26. The molecule has 33 heavy (non-hydrogen) atoms. The average molecular weight is 454 g/mol. The van der Waals surface area contributed by atoms with Gasteiger partial charge in [-0.3, -0.25) is 9.59 Å². The van der Waals surface area contributed by atoms with Gasteiger partial charge in [-0.05, 0) is 38.7 Å². The zero-order chi connectivity index (χ0) is 23.3. The molecule has 176 valence electrons. The molecule has 4 aliphatic rings. The van der Waals surface area contributed by atoms with Crippen molar-refractivity contribution in [2.75, 3.05) is 28.8 Å². The predicted octanol–water partition coefficient (Wildman–Crippen LogP) is 3.30. The quantitative estimate of drug-likeness (QED) is 0.699. The Labute approximate surface area is 193 Å². The van der Waals surface area contributed by atoms with Gasteiger partial charge in [0.05, 0.1) is 23.9 Å². The van der Waals surface area contributed by atoms with Gasteiger partial charge in [-0.15, -0.1) is 0 Å². The molecule has 3 atom stereocenters. The third-order valence-corrected chi connectivity index (χ3v) is 7.69. The van der Waals surface area contributed by atoms with Crippen molar-refractivity contribution in [3.05, 3.63) is 29.8 Å². The number of nitrogens with zero attached hydrogens (tertiary/aromatic N) is 4. The number of carboxylic acid groups (broad SMARTS) is 1. The number of allylic oxidation sites excluding steroid dienone is 2. The minimum absolute atomic E-state index is 0.0801. The van der Waals surface area contributed by atoms with E-state index in [4.69, 9.17) is 9.72 Å². The number of amides is 1. The Bertz CT molecular complexity index is 1050. The molecule has 2 N–H and O–H groups in total. The minimum Gasteiger partial charge on any atom is -0.495 e. The Kier molecular flexibility index (Phi) is 5.29. The summed E-state index contributed by atoms with van der Waals surface area (Å²) in [5.41, 5.74) is 0.410. The Hall–Kier alpha value is -3.10. The first-order valence-electron chi connectivity index (χ1n) is 11.8. The molecule has 1 amide bonds. The summed E-state index contributed by atoms with van der Waals surface area (Å²) in [6, 6.07) is 0.0632. The van der Waals surface area contributed by atoms with Crippen molar-refractivity contribution in [3.8, 4) is 0 Å². The third-order valence-electron chi connectivity index (χ3n) is 7.69. The molecule has 0 radical (unpaired) electrons. The lowest BCUT2D eigenvalue weighted by atomic mass is 9.72. The van der Waals surface area contributed by atoms with Crippen LogP contribution in [0.2, 0.25) is 0 Å². The maximum absolute atomic E-state index is 13.1. The van der Waals surface area contributed by atoms with Crippen LogP contribution in [0.5, 0.6) is 0 Å². The number of aromatic nitrogens is 2. The van der Waals surface area contributed by atoms with Crippen molar-refractivity contribution < 1.29 is 19.4 Å². The number of ether oxygens (including phenoxy) is 1. The van der Waals surface area contributed by atoms with E-state index < -0.39 is 11.4 Å². The molecule has 2 aliphatic carbocycles. The third kappa shape index (κ3) is 3.36. The molecule has 0 bridgehead atoms. The number of aliphatic carboxylic acids is 1. The second kappa shape index (κ2) is 8.04. The molecule has 1 saturated heterocycles. The van der Waals surface area contributed by atoms with Crippen LogP contribution in [0.1, 0.15) is 52.4 Å². The van der Waals surface area contributed by atoms with Crippen LogP contribution in [0.3, 0.4) is 0 Å². The fraction of sp³-hybridized carbons (Fsp3) is 0.583. The lowest BCUT2D eigenvalue weighted by Gasteiger charge is -2.43. The van der Waals surface area contributed by atoms with Gasteiger partial charge >= 0.3 is 5.97 Å². The van der Waals surface area contributed by atoms with Crippen molar-refractivity contribution >= 4 is 29.3 Å². The largest absolute Gasteiger partial charge is 0.495 e. The van der Waals surface area contributed by atoms with Gasteiger partial charge in [0.1, 0.15) is 17.5 Å². The maximum atomic E-state index is 13.1. The molecule has 1 aromatic rings. The summed E-state index contributed by atoms with van der Waals surface area (Å²) in [4.78, 5) is 38.2. The van der Waals surface area contributed by atoms with Gasteiger partial charge in [-0.25, -0.2) is 4.98 Å². The summed E-state index contributed by atoms with van der Waals surface area (Å²) >= 11 is 0. The number of carbonyl (C=O) groups excluding carboxylic acids is 1. The lowest BCUT2D eigenvalue weighted by Crippen LogP contribution is -2.55. The summed E-state index contributed by atoms with van der Waals surface area (Å²) in [6.07, 6.45) is 11.0. The highest BCUT2D eigenvalue weighted by atomic mass is 16.5. The molecular weight excluding hydrogens is 422 g/mol. The smallest absolute Gasteiger partial charge is 0.313 e. The molecular formula is C24H31N5O4. The van der Waals surface area contributed by atoms with Crippen LogP contribution in [0.15, 0.2) is 29.8 Å². The Morgan fingerprint density at radius 2 is 2.09 bits per heavy atom. The standard InChI is InChI=1S/C24H31N5O4/c1-4-17-21(30)28(3)18-13-25-23(27-20(18)29(17)14-7-5-6-8-14)26-16-9-11-24(2,22(31)32)15-10-12-33-19(15)16/h9,11,13-15,17H,4-8,10,12H2,1-3H3,(H,31,32)(H,25,26,27)/t15?,17-,24?/m1/s1. The van der Waals surface area contributed by atoms with Crippen molar-refractivity contribution in [1.82, 2.24) is 9.97 Å². The predicted molar refractivity (Wildman–Crippen MR) is 124 cm³/mol. The van der Waals surface area contributed by atoms with Gasteiger partial charge in [-0.1, -0.05) is 25.8 Å². The van der Waals surface area contributed by atoms with Crippen LogP contribution in [-0.2, 0) is 14.3 Å². The fourth-order valence-corrected chi connectivity index (χ4v) is 5.70. The van der Waals surface area contributed by atoms with Gasteiger partial charge < -0.3 is 25.0 Å². The molecule has 1 aromatic heterocycles. The van der Waals surface area contributed by atoms with E-state index in [9.17, 15) is 14.7 Å². The molecule has 3 heterocycles. The number of fused-ring (bicyclic) bond motifs is 2. The first-order valence-corrected chi connectivity index (χ1v) is 11.8. The van der Waals surface area contributed by atoms with E-state index in [0.29, 0.717) is 48.6 Å². The highest BCUT2D eigenvalue weighted by molar-refractivity contribution is 6.04. The number of hydrogen-bond donors (Lipinski definition) is 2. The van der Waals surface area contributed by atoms with E-state index in [1.54, 1.807) is 37.2 Å². The molecule has 0 aromatic carbocycles. The second-order valence-electron chi connectivity index (χ2n) is 9.58. The first kappa shape index (κ1) is 21.7. The van der Waals surface area contributed by atoms with E-state index in [2.05, 4.69) is 15.2 Å². The van der Waals surface area contributed by atoms with Crippen molar-refractivity contribution in [2.45, 2.75) is 64.5 Å². The average Bonchev–Trinajstić information content (AvgIpc) is 3.51. The summed E-state index contributed by atoms with van der Waals surface area (Å²) < 4.78 is 5.85. The zero-order valence-electron chi connectivity index (χ0n) is 19.4. The van der Waals surface area contributed by atoms with Gasteiger partial charge in [0, 0.05) is 19.0 Å². The molecule has 0 spiro atoms. The van der Waals surface area contributed by atoms with Crippen molar-refractivity contribution in [1.29, 1.82) is 0 Å². The van der Waals surface area contributed by atoms with Crippen LogP contribution < -0.4 is 15.1 Å². The van der Waals surface area contributed by atoms with Crippen molar-refractivity contribution in [3.63, 3.8) is 0 Å². The Balaban J connectivity index is 1.51. The zero-order valence-corrected chi connectivity index (χ0v) is 19.4. The number of carbonyl (C=O) groups is 2. The van der Waals surface area contributed by atoms with E-state index >= 15 is 0 Å². The molecule has 2 unspecified atom stereocenters. The van der Waals surface area contributed by atoms with E-state index in [1.165, 1.54) is 0 Å². The van der Waals surface area contributed by atoms with Crippen LogP contribution in [0, 0.1) is 11.3 Å². The lowest BCUT2D eigenvalue weighted by molar-refractivity contribution is -0.147. The second-order valence-corrected chi connectivity index (χ2v) is 9.58. The van der Waals surface area contributed by atoms with Crippen LogP contribution >= 0.6 is 0 Å². The monoisotopic (exact) mass is 453 g/mol. The highest BCUT2D eigenvalue weighted by Crippen LogP contribution is 2.46. The number of nitrogens with one attached hydrogen (secondary N) is 1. The van der Waals surface area contributed by atoms with E-state index in [0.717, 1.165) is 31.5 Å². The van der Waals surface area contributed by atoms with Crippen molar-refractivity contribution in [2.24, 2.45) is 11.3 Å². The van der Waals surface area contributed by atoms with Gasteiger partial charge in [0.25, 0.3) is 0 Å². The molecule has 5 rings (SSSR count). The van der Waals surface area contributed by atoms with Crippen LogP contribution in [0.4, 0.5) is 17.5 Å². The molecule has 2 aliphatic heterocycles. The normalized spacial score (nSPS) is 29.2. The van der Waals surface area contributed by atoms with Gasteiger partial charge in [0.2, 0.25) is 11.9 Å². The number of anilines is 3. The highest BCUT2D eigenvalue weighted by Gasteiger charge is 2.48. The number of hydrogen-bond acceptors (Lipinski definition) is 7. The van der Waals surface area contributed by atoms with Crippen LogP contribution in [0.25, 0.3) is 0 Å². The summed E-state index contributed by atoms with van der Waals surface area (Å²) in [7, 11) is 1.78. The molecule has 9 nitrogen and oxygen atoms in total. The number of likely N-dealkylation sites (N-methyl/N-ethyl adjacent to an activating group) is 1. The number of carboxylic acids is 1. The Morgan fingerprint density at radius 1 is 1.33 bits per heavy atom. The molecule has 1 saturated carbocycles. The topological polar surface area (TPSA) is 108 Å². The first-order chi connectivity index (χ1) is 15.8. The fourth-order valence-electron chi connectivity index (χ4n) is 5.70. The summed E-state index contributed by atoms with van der Waals surface area (Å²) in [5.74, 6) is 0.823. The van der Waals surface area contributed by atoms with Crippen LogP contribution in [-0.4, -0.2) is 52.7 Å².